The number of rotatable bonds is 5. The highest BCUT2D eigenvalue weighted by Crippen LogP contribution is 2.38. The van der Waals surface area contributed by atoms with Gasteiger partial charge in [-0.2, -0.15) is 0 Å². The first kappa shape index (κ1) is 20.2. The fraction of sp³-hybridized carbons (Fsp3) is 0.500. The van der Waals surface area contributed by atoms with Crippen LogP contribution in [0.15, 0.2) is 54.6 Å². The van der Waals surface area contributed by atoms with Crippen molar-refractivity contribution < 1.29 is 4.74 Å². The van der Waals surface area contributed by atoms with Crippen LogP contribution in [-0.2, 0) is 0 Å². The first-order valence-corrected chi connectivity index (χ1v) is 10.4. The molecule has 0 bridgehead atoms. The number of ether oxygens (including phenoxy) is 1. The first-order chi connectivity index (χ1) is 12.9. The number of hydrogen-bond acceptors (Lipinski definition) is 2. The molecule has 1 saturated carbocycles. The maximum atomic E-state index is 6.44. The zero-order valence-corrected chi connectivity index (χ0v) is 16.9. The van der Waals surface area contributed by atoms with Gasteiger partial charge in [0, 0.05) is 12.5 Å². The monoisotopic (exact) mass is 385 g/mol. The van der Waals surface area contributed by atoms with Crippen molar-refractivity contribution in [2.24, 2.45) is 5.92 Å². The largest absolute Gasteiger partial charge is 0.493 e. The van der Waals surface area contributed by atoms with Crippen LogP contribution in [-0.4, -0.2) is 19.7 Å². The van der Waals surface area contributed by atoms with E-state index >= 15 is 0 Å². The van der Waals surface area contributed by atoms with Gasteiger partial charge >= 0.3 is 0 Å². The van der Waals surface area contributed by atoms with Crippen molar-refractivity contribution in [1.82, 2.24) is 5.32 Å². The van der Waals surface area contributed by atoms with Gasteiger partial charge in [-0.25, -0.2) is 0 Å². The normalized spacial score (nSPS) is 23.4. The average molecular weight is 386 g/mol. The predicted octanol–water partition coefficient (Wildman–Crippen LogP) is 5.93. The predicted molar refractivity (Wildman–Crippen MR) is 115 cm³/mol. The van der Waals surface area contributed by atoms with Gasteiger partial charge < -0.3 is 10.1 Å². The Labute approximate surface area is 170 Å². The molecule has 2 atom stereocenters. The molecule has 0 spiro atoms. The lowest BCUT2D eigenvalue weighted by atomic mass is 9.81. The van der Waals surface area contributed by atoms with Crippen LogP contribution in [0.5, 0.6) is 5.75 Å². The highest BCUT2D eigenvalue weighted by molar-refractivity contribution is 5.85. The highest BCUT2D eigenvalue weighted by Gasteiger charge is 2.27. The molecular formula is C24H32ClNO. The summed E-state index contributed by atoms with van der Waals surface area (Å²) in [6.07, 6.45) is 7.95. The number of nitrogens with one attached hydrogen (secondary N) is 1. The minimum absolute atomic E-state index is 0. The molecule has 1 saturated heterocycles. The van der Waals surface area contributed by atoms with Crippen LogP contribution in [0.4, 0.5) is 0 Å². The van der Waals surface area contributed by atoms with Crippen molar-refractivity contribution in [3.63, 3.8) is 0 Å². The molecule has 146 valence electrons. The van der Waals surface area contributed by atoms with Gasteiger partial charge in [-0.1, -0.05) is 67.8 Å². The summed E-state index contributed by atoms with van der Waals surface area (Å²) in [5, 5.41) is 3.57. The Balaban J connectivity index is 0.00000210. The Morgan fingerprint density at radius 3 is 2.41 bits per heavy atom. The Hall–Kier alpha value is -1.51. The van der Waals surface area contributed by atoms with Crippen LogP contribution in [0.1, 0.15) is 61.5 Å². The van der Waals surface area contributed by atoms with E-state index < -0.39 is 0 Å². The molecule has 1 N–H and O–H groups in total. The summed E-state index contributed by atoms with van der Waals surface area (Å²) in [6.45, 7) is 2.95. The lowest BCUT2D eigenvalue weighted by Gasteiger charge is -2.33. The number of halogens is 1. The van der Waals surface area contributed by atoms with Gasteiger partial charge in [0.1, 0.15) is 5.75 Å². The highest BCUT2D eigenvalue weighted by atomic mass is 35.5. The number of benzene rings is 2. The van der Waals surface area contributed by atoms with Crippen LogP contribution in [0.25, 0.3) is 0 Å². The maximum Gasteiger partial charge on any atom is 0.122 e. The van der Waals surface area contributed by atoms with Crippen LogP contribution < -0.4 is 10.1 Å². The molecule has 1 aliphatic carbocycles. The van der Waals surface area contributed by atoms with E-state index in [9.17, 15) is 0 Å². The van der Waals surface area contributed by atoms with E-state index in [4.69, 9.17) is 4.74 Å². The molecule has 1 aliphatic heterocycles. The Bertz CT molecular complexity index is 684. The van der Waals surface area contributed by atoms with Crippen LogP contribution in [0.2, 0.25) is 0 Å². The summed E-state index contributed by atoms with van der Waals surface area (Å²) in [7, 11) is 0. The Morgan fingerprint density at radius 2 is 1.59 bits per heavy atom. The summed E-state index contributed by atoms with van der Waals surface area (Å²) < 4.78 is 6.44. The average Bonchev–Trinajstić information content (AvgIpc) is 2.74. The second-order valence-electron chi connectivity index (χ2n) is 7.95. The topological polar surface area (TPSA) is 21.3 Å². The van der Waals surface area contributed by atoms with Gasteiger partial charge in [0.05, 0.1) is 6.61 Å². The molecule has 2 nitrogen and oxygen atoms in total. The zero-order valence-electron chi connectivity index (χ0n) is 16.1. The van der Waals surface area contributed by atoms with Crippen molar-refractivity contribution in [1.29, 1.82) is 0 Å². The summed E-state index contributed by atoms with van der Waals surface area (Å²) in [4.78, 5) is 0. The summed E-state index contributed by atoms with van der Waals surface area (Å²) in [6, 6.07) is 19.7. The van der Waals surface area contributed by atoms with Gasteiger partial charge in [0.25, 0.3) is 0 Å². The molecule has 2 aliphatic rings. The number of para-hydroxylation sites is 1. The summed E-state index contributed by atoms with van der Waals surface area (Å²) in [5.41, 5.74) is 2.90. The SMILES string of the molecule is Cl.c1ccc(C2CCNCC2COc2ccccc2C2CCCCC2)cc1. The third-order valence-electron chi connectivity index (χ3n) is 6.25. The van der Waals surface area contributed by atoms with E-state index in [1.54, 1.807) is 0 Å². The number of hydrogen-bond donors (Lipinski definition) is 1. The van der Waals surface area contributed by atoms with Crippen molar-refractivity contribution in [3.05, 3.63) is 65.7 Å². The molecule has 4 rings (SSSR count). The summed E-state index contributed by atoms with van der Waals surface area (Å²) >= 11 is 0. The van der Waals surface area contributed by atoms with Gasteiger partial charge in [-0.15, -0.1) is 12.4 Å². The van der Waals surface area contributed by atoms with Crippen LogP contribution in [0.3, 0.4) is 0 Å². The van der Waals surface area contributed by atoms with E-state index in [1.165, 1.54) is 49.7 Å². The van der Waals surface area contributed by atoms with Gasteiger partial charge in [0.15, 0.2) is 0 Å². The molecule has 2 aromatic rings. The van der Waals surface area contributed by atoms with E-state index in [2.05, 4.69) is 59.9 Å². The lowest BCUT2D eigenvalue weighted by Crippen LogP contribution is -2.38. The first-order valence-electron chi connectivity index (χ1n) is 10.4. The molecule has 2 aromatic carbocycles. The van der Waals surface area contributed by atoms with Crippen molar-refractivity contribution in [2.45, 2.75) is 50.4 Å². The standard InChI is InChI=1S/C24H31NO.ClH/c1-3-9-19(10-4-1)22-15-16-25-17-21(22)18-26-24-14-8-7-13-23(24)20-11-5-2-6-12-20;/h1,3-4,7-10,13-14,20-22,25H,2,5-6,11-12,15-18H2;1H. The second-order valence-corrected chi connectivity index (χ2v) is 7.95. The van der Waals surface area contributed by atoms with Gasteiger partial charge in [0.2, 0.25) is 0 Å². The van der Waals surface area contributed by atoms with E-state index in [0.29, 0.717) is 17.8 Å². The van der Waals surface area contributed by atoms with Crippen LogP contribution in [0, 0.1) is 5.92 Å². The van der Waals surface area contributed by atoms with Gasteiger partial charge in [-0.05, 0) is 54.8 Å². The Morgan fingerprint density at radius 1 is 0.852 bits per heavy atom. The fourth-order valence-electron chi connectivity index (χ4n) is 4.80. The molecule has 27 heavy (non-hydrogen) atoms. The minimum Gasteiger partial charge on any atom is -0.493 e. The van der Waals surface area contributed by atoms with E-state index in [0.717, 1.165) is 25.4 Å². The van der Waals surface area contributed by atoms with E-state index in [-0.39, 0.29) is 12.4 Å². The smallest absolute Gasteiger partial charge is 0.122 e. The van der Waals surface area contributed by atoms with E-state index in [1.807, 2.05) is 0 Å². The third kappa shape index (κ3) is 5.06. The minimum atomic E-state index is 0. The molecule has 0 aromatic heterocycles. The molecule has 0 radical (unpaired) electrons. The Kier molecular flexibility index (Phi) is 7.60. The lowest BCUT2D eigenvalue weighted by molar-refractivity contribution is 0.194. The molecular weight excluding hydrogens is 354 g/mol. The second kappa shape index (κ2) is 10.1. The van der Waals surface area contributed by atoms with Crippen molar-refractivity contribution in [3.8, 4) is 5.75 Å². The molecule has 1 heterocycles. The molecule has 2 fully saturated rings. The third-order valence-corrected chi connectivity index (χ3v) is 6.25. The zero-order chi connectivity index (χ0) is 17.6. The number of piperidine rings is 1. The molecule has 2 unspecified atom stereocenters. The van der Waals surface area contributed by atoms with Crippen LogP contribution >= 0.6 is 12.4 Å². The van der Waals surface area contributed by atoms with Gasteiger partial charge in [-0.3, -0.25) is 0 Å². The van der Waals surface area contributed by atoms with Crippen molar-refractivity contribution >= 4 is 12.4 Å². The fourth-order valence-corrected chi connectivity index (χ4v) is 4.80. The molecule has 3 heteroatoms. The molecule has 0 amide bonds. The summed E-state index contributed by atoms with van der Waals surface area (Å²) in [5.74, 6) is 2.94. The van der Waals surface area contributed by atoms with Crippen molar-refractivity contribution in [2.75, 3.05) is 19.7 Å². The quantitative estimate of drug-likeness (QED) is 0.688. The maximum absolute atomic E-state index is 6.44.